The topological polar surface area (TPSA) is 123 Å². The van der Waals surface area contributed by atoms with E-state index in [2.05, 4.69) is 84.5 Å². The van der Waals surface area contributed by atoms with E-state index in [1.807, 2.05) is 55.5 Å². The molecule has 1 atom stereocenters. The van der Waals surface area contributed by atoms with Crippen LogP contribution < -0.4 is 20.5 Å². The molecule has 52 heavy (non-hydrogen) atoms. The summed E-state index contributed by atoms with van der Waals surface area (Å²) >= 11 is 1.25. The van der Waals surface area contributed by atoms with Crippen LogP contribution in [0.3, 0.4) is 0 Å². The Morgan fingerprint density at radius 3 is 2.27 bits per heavy atom. The maximum Gasteiger partial charge on any atom is 0.287 e. The van der Waals surface area contributed by atoms with Gasteiger partial charge >= 0.3 is 0 Å². The first-order valence-electron chi connectivity index (χ1n) is 18.3. The van der Waals surface area contributed by atoms with E-state index in [1.165, 1.54) is 22.0 Å². The van der Waals surface area contributed by atoms with Crippen molar-refractivity contribution in [3.63, 3.8) is 0 Å². The van der Waals surface area contributed by atoms with Crippen molar-refractivity contribution in [1.82, 2.24) is 30.0 Å². The van der Waals surface area contributed by atoms with Gasteiger partial charge in [-0.05, 0) is 113 Å². The van der Waals surface area contributed by atoms with E-state index in [0.29, 0.717) is 27.8 Å². The lowest BCUT2D eigenvalue weighted by molar-refractivity contribution is -0.122. The standard InChI is InChI=1S/C40H50N8O3S/c1-8-32(51-33-23-18-27(39(4,5)9-2)26-31(33)40(6,7)10-3)36(49)41-28-19-21-30(22-20-28)47-37(50)34(35(43-47)46-24-14-15-25-46)52-38-42-44-45-48(38)29-16-12-11-13-17-29/h11-13,16-23,26,32,43H,8-10,14-15,24-25H2,1-7H3,(H,41,49). The monoisotopic (exact) mass is 722 g/mol. The fraction of sp³-hybridized carbons (Fsp3) is 0.425. The lowest BCUT2D eigenvalue weighted by Gasteiger charge is -2.31. The molecule has 1 saturated heterocycles. The zero-order valence-electron chi connectivity index (χ0n) is 31.3. The quantitative estimate of drug-likeness (QED) is 0.118. The largest absolute Gasteiger partial charge is 0.480 e. The maximum absolute atomic E-state index is 14.0. The number of aromatic amines is 1. The molecule has 1 aliphatic heterocycles. The van der Waals surface area contributed by atoms with Crippen molar-refractivity contribution in [2.75, 3.05) is 23.3 Å². The van der Waals surface area contributed by atoms with Crippen molar-refractivity contribution in [3.8, 4) is 17.1 Å². The van der Waals surface area contributed by atoms with E-state index in [4.69, 9.17) is 4.74 Å². The molecule has 3 heterocycles. The molecule has 0 aliphatic carbocycles. The van der Waals surface area contributed by atoms with Crippen LogP contribution in [-0.4, -0.2) is 55.1 Å². The summed E-state index contributed by atoms with van der Waals surface area (Å²) in [5, 5.41) is 19.2. The number of carbonyl (C=O) groups excluding carboxylic acids is 1. The van der Waals surface area contributed by atoms with Gasteiger partial charge in [-0.15, -0.1) is 5.10 Å². The molecule has 11 nitrogen and oxygen atoms in total. The number of aromatic nitrogens is 6. The number of anilines is 2. The highest BCUT2D eigenvalue weighted by Crippen LogP contribution is 2.39. The molecule has 274 valence electrons. The Morgan fingerprint density at radius 2 is 1.62 bits per heavy atom. The highest BCUT2D eigenvalue weighted by Gasteiger charge is 2.30. The molecular weight excluding hydrogens is 673 g/mol. The number of H-pyrrole nitrogens is 1. The van der Waals surface area contributed by atoms with Crippen LogP contribution in [0.1, 0.15) is 91.7 Å². The summed E-state index contributed by atoms with van der Waals surface area (Å²) in [6, 6.07) is 23.3. The summed E-state index contributed by atoms with van der Waals surface area (Å²) in [6.45, 7) is 17.0. The van der Waals surface area contributed by atoms with Crippen molar-refractivity contribution in [3.05, 3.63) is 94.3 Å². The van der Waals surface area contributed by atoms with Gasteiger partial charge in [-0.25, -0.2) is 4.68 Å². The molecule has 2 aromatic heterocycles. The van der Waals surface area contributed by atoms with Crippen molar-refractivity contribution in [2.45, 2.75) is 108 Å². The zero-order valence-corrected chi connectivity index (χ0v) is 32.1. The minimum Gasteiger partial charge on any atom is -0.480 e. The van der Waals surface area contributed by atoms with E-state index in [9.17, 15) is 9.59 Å². The van der Waals surface area contributed by atoms with Gasteiger partial charge in [0.15, 0.2) is 6.10 Å². The summed E-state index contributed by atoms with van der Waals surface area (Å²) < 4.78 is 9.66. The molecule has 3 aromatic carbocycles. The predicted molar refractivity (Wildman–Crippen MR) is 208 cm³/mol. The molecule has 5 aromatic rings. The number of rotatable bonds is 14. The molecule has 0 spiro atoms. The Balaban J connectivity index is 1.22. The summed E-state index contributed by atoms with van der Waals surface area (Å²) in [7, 11) is 0. The molecule has 1 amide bonds. The van der Waals surface area contributed by atoms with Crippen LogP contribution in [0, 0.1) is 0 Å². The molecule has 0 saturated carbocycles. The number of tetrazole rings is 1. The molecule has 0 radical (unpaired) electrons. The smallest absolute Gasteiger partial charge is 0.287 e. The summed E-state index contributed by atoms with van der Waals surface area (Å²) in [5.41, 5.74) is 4.15. The minimum absolute atomic E-state index is 0.0347. The van der Waals surface area contributed by atoms with Gasteiger partial charge < -0.3 is 15.0 Å². The third kappa shape index (κ3) is 7.67. The van der Waals surface area contributed by atoms with E-state index < -0.39 is 6.10 Å². The van der Waals surface area contributed by atoms with Gasteiger partial charge in [-0.3, -0.25) is 14.7 Å². The Bertz CT molecular complexity index is 2040. The number of hydrogen-bond donors (Lipinski definition) is 2. The molecule has 1 unspecified atom stereocenters. The fourth-order valence-electron chi connectivity index (χ4n) is 6.27. The van der Waals surface area contributed by atoms with E-state index in [-0.39, 0.29) is 22.3 Å². The number of ether oxygens (including phenoxy) is 1. The molecule has 1 aliphatic rings. The molecule has 0 bridgehead atoms. The van der Waals surface area contributed by atoms with Crippen LogP contribution >= 0.6 is 11.8 Å². The molecule has 1 fully saturated rings. The number of carbonyl (C=O) groups is 1. The van der Waals surface area contributed by atoms with Crippen LogP contribution in [-0.2, 0) is 15.6 Å². The number of hydrogen-bond acceptors (Lipinski definition) is 8. The Hall–Kier alpha value is -4.84. The SMILES string of the molecule is CCC(Oc1ccc(C(C)(C)CC)cc1C(C)(C)CC)C(=O)Nc1ccc(-n2[nH]c(N3CCCC3)c(Sc3nnnn3-c3ccccc3)c2=O)cc1. The fourth-order valence-corrected chi connectivity index (χ4v) is 7.21. The first-order chi connectivity index (χ1) is 25.0. The maximum atomic E-state index is 14.0. The van der Waals surface area contributed by atoms with Crippen molar-refractivity contribution >= 4 is 29.2 Å². The summed E-state index contributed by atoms with van der Waals surface area (Å²) in [5.74, 6) is 1.26. The highest BCUT2D eigenvalue weighted by molar-refractivity contribution is 7.99. The normalized spacial score (nSPS) is 14.1. The van der Waals surface area contributed by atoms with Gasteiger partial charge in [-0.2, -0.15) is 4.68 Å². The van der Waals surface area contributed by atoms with E-state index >= 15 is 0 Å². The lowest BCUT2D eigenvalue weighted by atomic mass is 9.76. The zero-order chi connectivity index (χ0) is 37.0. The van der Waals surface area contributed by atoms with Crippen LogP contribution in [0.5, 0.6) is 5.75 Å². The van der Waals surface area contributed by atoms with Gasteiger partial charge in [0, 0.05) is 24.3 Å². The second-order valence-electron chi connectivity index (χ2n) is 14.7. The number of nitrogens with zero attached hydrogens (tertiary/aromatic N) is 6. The molecule has 12 heteroatoms. The van der Waals surface area contributed by atoms with Gasteiger partial charge in [0.05, 0.1) is 11.4 Å². The second kappa shape index (κ2) is 15.4. The van der Waals surface area contributed by atoms with Gasteiger partial charge in [-0.1, -0.05) is 78.8 Å². The second-order valence-corrected chi connectivity index (χ2v) is 15.6. The molecular formula is C40H50N8O3S. The first-order valence-corrected chi connectivity index (χ1v) is 19.1. The van der Waals surface area contributed by atoms with Crippen LogP contribution in [0.15, 0.2) is 87.6 Å². The third-order valence-electron chi connectivity index (χ3n) is 10.5. The molecule has 6 rings (SSSR count). The summed E-state index contributed by atoms with van der Waals surface area (Å²) in [4.78, 5) is 30.3. The van der Waals surface area contributed by atoms with E-state index in [0.717, 1.165) is 61.6 Å². The number of para-hydroxylation sites is 1. The average molecular weight is 723 g/mol. The summed E-state index contributed by atoms with van der Waals surface area (Å²) in [6.07, 6.45) is 3.88. The third-order valence-corrected chi connectivity index (χ3v) is 11.5. The van der Waals surface area contributed by atoms with Crippen LogP contribution in [0.2, 0.25) is 0 Å². The van der Waals surface area contributed by atoms with Gasteiger partial charge in [0.25, 0.3) is 11.5 Å². The number of benzene rings is 3. The number of nitrogens with one attached hydrogen (secondary N) is 2. The Kier molecular flexibility index (Phi) is 10.9. The molecule has 2 N–H and O–H groups in total. The lowest BCUT2D eigenvalue weighted by Crippen LogP contribution is -2.33. The highest BCUT2D eigenvalue weighted by atomic mass is 32.2. The van der Waals surface area contributed by atoms with Gasteiger partial charge in [0.2, 0.25) is 5.16 Å². The predicted octanol–water partition coefficient (Wildman–Crippen LogP) is 8.06. The minimum atomic E-state index is -0.683. The van der Waals surface area contributed by atoms with Crippen molar-refractivity contribution < 1.29 is 9.53 Å². The first kappa shape index (κ1) is 36.9. The van der Waals surface area contributed by atoms with Gasteiger partial charge in [0.1, 0.15) is 16.5 Å². The number of amides is 1. The van der Waals surface area contributed by atoms with Crippen molar-refractivity contribution in [2.24, 2.45) is 0 Å². The van der Waals surface area contributed by atoms with Crippen molar-refractivity contribution in [1.29, 1.82) is 0 Å². The Labute approximate surface area is 310 Å². The Morgan fingerprint density at radius 1 is 0.923 bits per heavy atom. The van der Waals surface area contributed by atoms with Crippen LogP contribution in [0.25, 0.3) is 11.4 Å². The van der Waals surface area contributed by atoms with Crippen LogP contribution in [0.4, 0.5) is 11.5 Å². The average Bonchev–Trinajstić information content (AvgIpc) is 3.93. The van der Waals surface area contributed by atoms with E-state index in [1.54, 1.807) is 16.8 Å².